The number of hydrogen-bond acceptors (Lipinski definition) is 3. The maximum absolute atomic E-state index is 13.0. The van der Waals surface area contributed by atoms with Crippen LogP contribution in [0.2, 0.25) is 0 Å². The van der Waals surface area contributed by atoms with Crippen LogP contribution in [0.4, 0.5) is 4.39 Å². The number of rotatable bonds is 3. The Labute approximate surface area is 144 Å². The molecular formula is C21H15FO3. The lowest BCUT2D eigenvalue weighted by molar-refractivity contribution is -0.140. The number of hydrogen-bond donors (Lipinski definition) is 0. The van der Waals surface area contributed by atoms with E-state index in [0.717, 1.165) is 16.3 Å². The number of halogens is 1. The van der Waals surface area contributed by atoms with E-state index in [1.165, 1.54) is 24.3 Å². The van der Waals surface area contributed by atoms with Crippen LogP contribution in [0, 0.1) is 11.7 Å². The van der Waals surface area contributed by atoms with Crippen LogP contribution >= 0.6 is 0 Å². The number of ether oxygens (including phenoxy) is 1. The normalized spacial score (nSPS) is 16.4. The largest absolute Gasteiger partial charge is 0.426 e. The minimum absolute atomic E-state index is 0.0487. The molecule has 25 heavy (non-hydrogen) atoms. The van der Waals surface area contributed by atoms with Gasteiger partial charge >= 0.3 is 5.97 Å². The molecule has 4 heteroatoms. The molecule has 0 amide bonds. The molecule has 0 radical (unpaired) electrons. The molecule has 0 spiro atoms. The topological polar surface area (TPSA) is 43.4 Å². The lowest BCUT2D eigenvalue weighted by atomic mass is 9.88. The Hall–Kier alpha value is -3.01. The zero-order valence-corrected chi connectivity index (χ0v) is 13.4. The minimum atomic E-state index is -0.532. The summed E-state index contributed by atoms with van der Waals surface area (Å²) < 4.78 is 18.5. The molecule has 0 N–H and O–H groups in total. The predicted molar refractivity (Wildman–Crippen MR) is 92.1 cm³/mol. The van der Waals surface area contributed by atoms with E-state index in [1.54, 1.807) is 6.07 Å². The molecule has 1 unspecified atom stereocenters. The number of Topliss-reactive ketones (excluding diaryl/α,β-unsaturated/α-hetero) is 1. The van der Waals surface area contributed by atoms with Gasteiger partial charge in [0.1, 0.15) is 11.6 Å². The maximum Gasteiger partial charge on any atom is 0.315 e. The summed E-state index contributed by atoms with van der Waals surface area (Å²) in [5.74, 6) is -0.942. The predicted octanol–water partition coefficient (Wildman–Crippen LogP) is 4.33. The van der Waals surface area contributed by atoms with E-state index in [1.807, 2.05) is 30.3 Å². The van der Waals surface area contributed by atoms with Crippen LogP contribution in [0.3, 0.4) is 0 Å². The second kappa shape index (κ2) is 6.13. The van der Waals surface area contributed by atoms with Crippen molar-refractivity contribution in [2.45, 2.75) is 12.8 Å². The quantitative estimate of drug-likeness (QED) is 0.407. The third kappa shape index (κ3) is 2.91. The first-order valence-corrected chi connectivity index (χ1v) is 8.13. The summed E-state index contributed by atoms with van der Waals surface area (Å²) in [5, 5.41) is 2.11. The zero-order valence-electron chi connectivity index (χ0n) is 13.4. The summed E-state index contributed by atoms with van der Waals surface area (Å²) in [5.41, 5.74) is 1.35. The van der Waals surface area contributed by atoms with Crippen molar-refractivity contribution in [1.82, 2.24) is 0 Å². The van der Waals surface area contributed by atoms with Gasteiger partial charge in [-0.2, -0.15) is 0 Å². The lowest BCUT2D eigenvalue weighted by Crippen LogP contribution is -2.29. The molecule has 3 nitrogen and oxygen atoms in total. The van der Waals surface area contributed by atoms with Crippen molar-refractivity contribution < 1.29 is 18.7 Å². The van der Waals surface area contributed by atoms with Crippen molar-refractivity contribution in [2.24, 2.45) is 5.92 Å². The van der Waals surface area contributed by atoms with Gasteiger partial charge in [0.25, 0.3) is 0 Å². The van der Waals surface area contributed by atoms with Crippen LogP contribution in [0.15, 0.2) is 60.7 Å². The molecule has 1 heterocycles. The summed E-state index contributed by atoms with van der Waals surface area (Å²) in [6.07, 6.45) is 0.510. The first-order chi connectivity index (χ1) is 12.1. The van der Waals surface area contributed by atoms with Crippen molar-refractivity contribution in [3.05, 3.63) is 77.6 Å². The van der Waals surface area contributed by atoms with Gasteiger partial charge in [-0.05, 0) is 47.5 Å². The van der Waals surface area contributed by atoms with Crippen LogP contribution in [0.1, 0.15) is 22.3 Å². The Morgan fingerprint density at radius 2 is 1.80 bits per heavy atom. The highest BCUT2D eigenvalue weighted by Crippen LogP contribution is 2.35. The van der Waals surface area contributed by atoms with Gasteiger partial charge in [0.15, 0.2) is 5.78 Å². The number of benzene rings is 3. The Balaban J connectivity index is 1.62. The smallest absolute Gasteiger partial charge is 0.315 e. The molecule has 0 saturated carbocycles. The molecule has 0 saturated heterocycles. The highest BCUT2D eigenvalue weighted by molar-refractivity contribution is 5.99. The minimum Gasteiger partial charge on any atom is -0.426 e. The van der Waals surface area contributed by atoms with Crippen molar-refractivity contribution >= 4 is 22.5 Å². The van der Waals surface area contributed by atoms with E-state index in [0.29, 0.717) is 17.7 Å². The van der Waals surface area contributed by atoms with Gasteiger partial charge in [-0.15, -0.1) is 0 Å². The van der Waals surface area contributed by atoms with Gasteiger partial charge < -0.3 is 4.74 Å². The van der Waals surface area contributed by atoms with Gasteiger partial charge in [-0.1, -0.05) is 30.3 Å². The Kier molecular flexibility index (Phi) is 3.80. The molecule has 3 aromatic carbocycles. The average molecular weight is 334 g/mol. The Morgan fingerprint density at radius 3 is 2.60 bits per heavy atom. The third-order valence-electron chi connectivity index (χ3n) is 4.59. The van der Waals surface area contributed by atoms with Crippen LogP contribution in [0.25, 0.3) is 10.8 Å². The van der Waals surface area contributed by atoms with E-state index in [-0.39, 0.29) is 12.2 Å². The molecule has 0 aliphatic carbocycles. The molecule has 0 fully saturated rings. The molecule has 1 atom stereocenters. The summed E-state index contributed by atoms with van der Waals surface area (Å²) in [6.45, 7) is 0. The maximum atomic E-state index is 13.0. The van der Waals surface area contributed by atoms with Gasteiger partial charge in [0.2, 0.25) is 0 Å². The fourth-order valence-corrected chi connectivity index (χ4v) is 3.28. The number of ketones is 1. The fraction of sp³-hybridized carbons (Fsp3) is 0.143. The first-order valence-electron chi connectivity index (χ1n) is 8.13. The van der Waals surface area contributed by atoms with Gasteiger partial charge in [-0.25, -0.2) is 4.39 Å². The molecular weight excluding hydrogens is 319 g/mol. The first kappa shape index (κ1) is 15.5. The molecule has 1 aliphatic rings. The van der Waals surface area contributed by atoms with Crippen LogP contribution in [-0.2, 0) is 11.2 Å². The van der Waals surface area contributed by atoms with E-state index in [9.17, 15) is 14.0 Å². The highest BCUT2D eigenvalue weighted by atomic mass is 19.1. The standard InChI is InChI=1S/C21H15FO3/c22-16-8-5-14(6-9-16)19(23)12-15-11-18-17-4-2-1-3-13(17)7-10-20(18)25-21(15)24/h1-10,15H,11-12H2. The monoisotopic (exact) mass is 334 g/mol. The Bertz CT molecular complexity index is 976. The SMILES string of the molecule is O=C(CC1Cc2c(ccc3ccccc23)OC1=O)c1ccc(F)cc1. The van der Waals surface area contributed by atoms with Gasteiger partial charge in [-0.3, -0.25) is 9.59 Å². The van der Waals surface area contributed by atoms with Crippen molar-refractivity contribution in [3.63, 3.8) is 0 Å². The lowest BCUT2D eigenvalue weighted by Gasteiger charge is -2.24. The molecule has 0 aromatic heterocycles. The number of carbonyl (C=O) groups excluding carboxylic acids is 2. The van der Waals surface area contributed by atoms with E-state index >= 15 is 0 Å². The van der Waals surface area contributed by atoms with Crippen molar-refractivity contribution in [3.8, 4) is 5.75 Å². The number of esters is 1. The van der Waals surface area contributed by atoms with Gasteiger partial charge in [0, 0.05) is 17.5 Å². The summed E-state index contributed by atoms with van der Waals surface area (Å²) in [4.78, 5) is 24.7. The second-order valence-electron chi connectivity index (χ2n) is 6.22. The van der Waals surface area contributed by atoms with Crippen molar-refractivity contribution in [2.75, 3.05) is 0 Å². The Morgan fingerprint density at radius 1 is 1.04 bits per heavy atom. The zero-order chi connectivity index (χ0) is 17.4. The van der Waals surface area contributed by atoms with E-state index in [2.05, 4.69) is 0 Å². The van der Waals surface area contributed by atoms with E-state index < -0.39 is 17.7 Å². The van der Waals surface area contributed by atoms with E-state index in [4.69, 9.17) is 4.74 Å². The molecule has 4 rings (SSSR count). The molecule has 0 bridgehead atoms. The summed E-state index contributed by atoms with van der Waals surface area (Å²) in [6, 6.07) is 17.0. The number of fused-ring (bicyclic) bond motifs is 3. The average Bonchev–Trinajstić information content (AvgIpc) is 2.63. The third-order valence-corrected chi connectivity index (χ3v) is 4.59. The van der Waals surface area contributed by atoms with Crippen LogP contribution in [-0.4, -0.2) is 11.8 Å². The van der Waals surface area contributed by atoms with Crippen LogP contribution in [0.5, 0.6) is 5.75 Å². The molecule has 124 valence electrons. The van der Waals surface area contributed by atoms with Crippen molar-refractivity contribution in [1.29, 1.82) is 0 Å². The van der Waals surface area contributed by atoms with Gasteiger partial charge in [0.05, 0.1) is 5.92 Å². The summed E-state index contributed by atoms with van der Waals surface area (Å²) >= 11 is 0. The highest BCUT2D eigenvalue weighted by Gasteiger charge is 2.31. The summed E-state index contributed by atoms with van der Waals surface area (Å²) in [7, 11) is 0. The molecule has 3 aromatic rings. The molecule has 1 aliphatic heterocycles. The fourth-order valence-electron chi connectivity index (χ4n) is 3.28. The number of carbonyl (C=O) groups is 2. The van der Waals surface area contributed by atoms with Crippen LogP contribution < -0.4 is 4.74 Å². The second-order valence-corrected chi connectivity index (χ2v) is 6.22.